The molecule has 0 saturated carbocycles. The lowest BCUT2D eigenvalue weighted by Gasteiger charge is -2.28. The van der Waals surface area contributed by atoms with E-state index in [1.807, 2.05) is 14.0 Å². The Labute approximate surface area is 91.6 Å². The van der Waals surface area contributed by atoms with E-state index in [1.54, 1.807) is 0 Å². The summed E-state index contributed by atoms with van der Waals surface area (Å²) in [4.78, 5) is 13.0. The summed E-state index contributed by atoms with van der Waals surface area (Å²) in [5.74, 6) is 0.0902. The summed E-state index contributed by atoms with van der Waals surface area (Å²) in [6, 6.07) is 0.325. The molecule has 0 amide bonds. The van der Waals surface area contributed by atoms with Gasteiger partial charge in [-0.2, -0.15) is 0 Å². The van der Waals surface area contributed by atoms with Crippen molar-refractivity contribution in [2.24, 2.45) is 11.8 Å². The van der Waals surface area contributed by atoms with Crippen LogP contribution in [-0.2, 0) is 4.79 Å². The normalized spacial score (nSPS) is 26.5. The third-order valence-electron chi connectivity index (χ3n) is 3.38. The topological polar surface area (TPSA) is 52.6 Å². The fraction of sp³-hybridized carbons (Fsp3) is 0.909. The highest BCUT2D eigenvalue weighted by atomic mass is 16.4. The molecule has 1 aliphatic rings. The zero-order valence-corrected chi connectivity index (χ0v) is 9.86. The standard InChI is InChI=1S/C11H22N2O2/c1-8(6-10(14)15)11(12-2)9-4-5-13(3)7-9/h8-9,11-12H,4-7H2,1-3H3,(H,14,15). The third kappa shape index (κ3) is 3.47. The van der Waals surface area contributed by atoms with E-state index in [4.69, 9.17) is 5.11 Å². The van der Waals surface area contributed by atoms with Crippen molar-refractivity contribution in [1.82, 2.24) is 10.2 Å². The lowest BCUT2D eigenvalue weighted by molar-refractivity contribution is -0.138. The van der Waals surface area contributed by atoms with Crippen LogP contribution in [0, 0.1) is 11.8 Å². The van der Waals surface area contributed by atoms with E-state index in [9.17, 15) is 4.79 Å². The molecule has 0 aromatic carbocycles. The predicted molar refractivity (Wildman–Crippen MR) is 59.9 cm³/mol. The van der Waals surface area contributed by atoms with Gasteiger partial charge in [-0.3, -0.25) is 4.79 Å². The largest absolute Gasteiger partial charge is 0.481 e. The zero-order valence-electron chi connectivity index (χ0n) is 9.86. The molecular weight excluding hydrogens is 192 g/mol. The molecule has 1 fully saturated rings. The van der Waals surface area contributed by atoms with Crippen LogP contribution >= 0.6 is 0 Å². The maximum atomic E-state index is 10.7. The minimum absolute atomic E-state index is 0.198. The summed E-state index contributed by atoms with van der Waals surface area (Å²) in [7, 11) is 4.05. The van der Waals surface area contributed by atoms with Crippen LogP contribution in [0.25, 0.3) is 0 Å². The molecule has 3 unspecified atom stereocenters. The van der Waals surface area contributed by atoms with Crippen molar-refractivity contribution >= 4 is 5.97 Å². The Morgan fingerprint density at radius 3 is 2.73 bits per heavy atom. The number of nitrogens with one attached hydrogen (secondary N) is 1. The molecule has 0 spiro atoms. The number of nitrogens with zero attached hydrogens (tertiary/aromatic N) is 1. The summed E-state index contributed by atoms with van der Waals surface area (Å²) in [5.41, 5.74) is 0. The van der Waals surface area contributed by atoms with Gasteiger partial charge in [0.25, 0.3) is 0 Å². The lowest BCUT2D eigenvalue weighted by atomic mass is 9.87. The quantitative estimate of drug-likeness (QED) is 0.705. The molecule has 3 atom stereocenters. The van der Waals surface area contributed by atoms with Crippen LogP contribution in [0.3, 0.4) is 0 Å². The number of likely N-dealkylation sites (tertiary alicyclic amines) is 1. The smallest absolute Gasteiger partial charge is 0.303 e. The number of rotatable bonds is 5. The average molecular weight is 214 g/mol. The van der Waals surface area contributed by atoms with E-state index in [0.29, 0.717) is 12.0 Å². The highest BCUT2D eigenvalue weighted by molar-refractivity contribution is 5.67. The summed E-state index contributed by atoms with van der Waals surface area (Å²) in [6.07, 6.45) is 1.43. The van der Waals surface area contributed by atoms with Crippen LogP contribution in [0.2, 0.25) is 0 Å². The first-order chi connectivity index (χ1) is 7.04. The first kappa shape index (κ1) is 12.5. The number of hydrogen-bond donors (Lipinski definition) is 2. The van der Waals surface area contributed by atoms with E-state index in [0.717, 1.165) is 13.1 Å². The molecule has 2 N–H and O–H groups in total. The predicted octanol–water partition coefficient (Wildman–Crippen LogP) is 0.637. The van der Waals surface area contributed by atoms with Gasteiger partial charge >= 0.3 is 5.97 Å². The maximum Gasteiger partial charge on any atom is 0.303 e. The molecule has 0 radical (unpaired) electrons. The number of carboxylic acid groups (broad SMARTS) is 1. The van der Waals surface area contributed by atoms with Crippen LogP contribution in [0.15, 0.2) is 0 Å². The molecule has 1 heterocycles. The van der Waals surface area contributed by atoms with E-state index >= 15 is 0 Å². The Morgan fingerprint density at radius 2 is 2.33 bits per heavy atom. The van der Waals surface area contributed by atoms with Gasteiger partial charge in [0.05, 0.1) is 0 Å². The SMILES string of the molecule is CNC(C(C)CC(=O)O)C1CCN(C)C1. The van der Waals surface area contributed by atoms with Gasteiger partial charge in [-0.05, 0) is 38.9 Å². The molecule has 0 aliphatic carbocycles. The summed E-state index contributed by atoms with van der Waals surface area (Å²) >= 11 is 0. The molecular formula is C11H22N2O2. The molecule has 15 heavy (non-hydrogen) atoms. The van der Waals surface area contributed by atoms with Crippen LogP contribution in [0.5, 0.6) is 0 Å². The minimum Gasteiger partial charge on any atom is -0.481 e. The van der Waals surface area contributed by atoms with Gasteiger partial charge < -0.3 is 15.3 Å². The first-order valence-electron chi connectivity index (χ1n) is 5.62. The number of carbonyl (C=O) groups is 1. The lowest BCUT2D eigenvalue weighted by Crippen LogP contribution is -2.41. The Hall–Kier alpha value is -0.610. The van der Waals surface area contributed by atoms with Crippen LogP contribution in [-0.4, -0.2) is 49.2 Å². The van der Waals surface area contributed by atoms with Crippen molar-refractivity contribution in [2.75, 3.05) is 27.2 Å². The molecule has 0 aromatic rings. The summed E-state index contributed by atoms with van der Waals surface area (Å²) in [6.45, 7) is 4.23. The Balaban J connectivity index is 2.50. The van der Waals surface area contributed by atoms with E-state index < -0.39 is 5.97 Å². The monoisotopic (exact) mass is 214 g/mol. The molecule has 4 nitrogen and oxygen atoms in total. The van der Waals surface area contributed by atoms with Crippen molar-refractivity contribution in [3.8, 4) is 0 Å². The maximum absolute atomic E-state index is 10.7. The van der Waals surface area contributed by atoms with Crippen LogP contribution in [0.4, 0.5) is 0 Å². The zero-order chi connectivity index (χ0) is 11.4. The van der Waals surface area contributed by atoms with E-state index in [2.05, 4.69) is 17.3 Å². The molecule has 88 valence electrons. The van der Waals surface area contributed by atoms with Crippen molar-refractivity contribution in [3.05, 3.63) is 0 Å². The Morgan fingerprint density at radius 1 is 1.67 bits per heavy atom. The van der Waals surface area contributed by atoms with Gasteiger partial charge in [-0.15, -0.1) is 0 Å². The second-order valence-corrected chi connectivity index (χ2v) is 4.70. The van der Waals surface area contributed by atoms with Crippen molar-refractivity contribution in [3.63, 3.8) is 0 Å². The first-order valence-corrected chi connectivity index (χ1v) is 5.62. The Kier molecular flexibility index (Phi) is 4.54. The summed E-state index contributed by atoms with van der Waals surface area (Å²) in [5, 5.41) is 12.1. The average Bonchev–Trinajstić information content (AvgIpc) is 2.51. The molecule has 0 bridgehead atoms. The van der Waals surface area contributed by atoms with Gasteiger partial charge in [-0.25, -0.2) is 0 Å². The van der Waals surface area contributed by atoms with Gasteiger partial charge in [0.1, 0.15) is 0 Å². The molecule has 0 aromatic heterocycles. The van der Waals surface area contributed by atoms with Crippen molar-refractivity contribution in [1.29, 1.82) is 0 Å². The van der Waals surface area contributed by atoms with Gasteiger partial charge in [0, 0.05) is 19.0 Å². The fourth-order valence-corrected chi connectivity index (χ4v) is 2.65. The van der Waals surface area contributed by atoms with E-state index in [1.165, 1.54) is 6.42 Å². The van der Waals surface area contributed by atoms with Gasteiger partial charge in [0.15, 0.2) is 0 Å². The van der Waals surface area contributed by atoms with Crippen molar-refractivity contribution < 1.29 is 9.90 Å². The number of hydrogen-bond acceptors (Lipinski definition) is 3. The number of carboxylic acids is 1. The third-order valence-corrected chi connectivity index (χ3v) is 3.38. The van der Waals surface area contributed by atoms with Crippen LogP contribution < -0.4 is 5.32 Å². The highest BCUT2D eigenvalue weighted by Gasteiger charge is 2.31. The number of aliphatic carboxylic acids is 1. The second-order valence-electron chi connectivity index (χ2n) is 4.70. The highest BCUT2D eigenvalue weighted by Crippen LogP contribution is 2.24. The molecule has 1 saturated heterocycles. The molecule has 1 rings (SSSR count). The van der Waals surface area contributed by atoms with Gasteiger partial charge in [-0.1, -0.05) is 6.92 Å². The van der Waals surface area contributed by atoms with Crippen LogP contribution in [0.1, 0.15) is 19.8 Å². The Bertz CT molecular complexity index is 221. The molecule has 1 aliphatic heterocycles. The van der Waals surface area contributed by atoms with Gasteiger partial charge in [0.2, 0.25) is 0 Å². The second kappa shape index (κ2) is 5.47. The van der Waals surface area contributed by atoms with Crippen molar-refractivity contribution in [2.45, 2.75) is 25.8 Å². The molecule has 4 heteroatoms. The fourth-order valence-electron chi connectivity index (χ4n) is 2.65. The van der Waals surface area contributed by atoms with E-state index in [-0.39, 0.29) is 12.3 Å². The minimum atomic E-state index is -0.700. The summed E-state index contributed by atoms with van der Waals surface area (Å²) < 4.78 is 0.